The van der Waals surface area contributed by atoms with Gasteiger partial charge in [0.25, 0.3) is 0 Å². The van der Waals surface area contributed by atoms with E-state index in [2.05, 4.69) is 15.6 Å². The average molecular weight is 427 g/mol. The highest BCUT2D eigenvalue weighted by Gasteiger charge is 2.16. The predicted molar refractivity (Wildman–Crippen MR) is 120 cm³/mol. The molecular formula is C22H26N4O3S. The second-order valence-electron chi connectivity index (χ2n) is 6.77. The van der Waals surface area contributed by atoms with Gasteiger partial charge in [-0.25, -0.2) is 9.78 Å². The Labute approximate surface area is 180 Å². The van der Waals surface area contributed by atoms with Crippen molar-refractivity contribution in [3.8, 4) is 0 Å². The molecule has 2 amide bonds. The van der Waals surface area contributed by atoms with Crippen LogP contribution in [-0.4, -0.2) is 40.0 Å². The Bertz CT molecular complexity index is 990. The van der Waals surface area contributed by atoms with Crippen molar-refractivity contribution in [2.75, 3.05) is 17.6 Å². The van der Waals surface area contributed by atoms with Crippen LogP contribution < -0.4 is 10.6 Å². The number of fused-ring (bicyclic) bond motifs is 1. The monoisotopic (exact) mass is 426 g/mol. The summed E-state index contributed by atoms with van der Waals surface area (Å²) >= 11 is 1.49. The fraction of sp³-hybridized carbons (Fsp3) is 0.318. The van der Waals surface area contributed by atoms with Crippen LogP contribution in [0, 0.1) is 0 Å². The minimum absolute atomic E-state index is 0.106. The van der Waals surface area contributed by atoms with Crippen molar-refractivity contribution in [3.63, 3.8) is 0 Å². The van der Waals surface area contributed by atoms with Gasteiger partial charge in [0.1, 0.15) is 6.54 Å². The number of nitrogens with one attached hydrogen (secondary N) is 2. The van der Waals surface area contributed by atoms with Gasteiger partial charge in [0, 0.05) is 18.0 Å². The Morgan fingerprint density at radius 3 is 2.63 bits per heavy atom. The zero-order valence-electron chi connectivity index (χ0n) is 17.1. The molecule has 2 N–H and O–H groups in total. The largest absolute Gasteiger partial charge is 0.461 e. The van der Waals surface area contributed by atoms with Gasteiger partial charge >= 0.3 is 12.0 Å². The number of thioether (sulfide) groups is 1. The summed E-state index contributed by atoms with van der Waals surface area (Å²) in [5, 5.41) is 6.34. The van der Waals surface area contributed by atoms with Crippen LogP contribution in [0.15, 0.2) is 59.8 Å². The van der Waals surface area contributed by atoms with Crippen molar-refractivity contribution in [1.82, 2.24) is 14.9 Å². The number of carbonyl (C=O) groups excluding carboxylic acids is 2. The quantitative estimate of drug-likeness (QED) is 0.303. The topological polar surface area (TPSA) is 85.2 Å². The van der Waals surface area contributed by atoms with Crippen LogP contribution in [0.5, 0.6) is 0 Å². The fourth-order valence-electron chi connectivity index (χ4n) is 2.79. The number of rotatable bonds is 9. The van der Waals surface area contributed by atoms with E-state index in [0.29, 0.717) is 12.3 Å². The van der Waals surface area contributed by atoms with E-state index in [-0.39, 0.29) is 24.6 Å². The van der Waals surface area contributed by atoms with Crippen LogP contribution in [-0.2, 0) is 16.1 Å². The number of amides is 2. The number of para-hydroxylation sites is 3. The molecule has 0 saturated heterocycles. The molecule has 0 spiro atoms. The molecule has 3 rings (SSSR count). The lowest BCUT2D eigenvalue weighted by Gasteiger charge is -2.13. The Morgan fingerprint density at radius 1 is 1.13 bits per heavy atom. The number of hydrogen-bond donors (Lipinski definition) is 2. The van der Waals surface area contributed by atoms with E-state index in [1.165, 1.54) is 11.8 Å². The lowest BCUT2D eigenvalue weighted by molar-refractivity contribution is -0.149. The lowest BCUT2D eigenvalue weighted by Crippen LogP contribution is -2.30. The Balaban J connectivity index is 1.58. The first-order valence-corrected chi connectivity index (χ1v) is 10.9. The molecular weight excluding hydrogens is 400 g/mol. The highest BCUT2D eigenvalue weighted by atomic mass is 32.2. The Morgan fingerprint density at radius 2 is 1.87 bits per heavy atom. The molecule has 158 valence electrons. The van der Waals surface area contributed by atoms with E-state index >= 15 is 0 Å². The van der Waals surface area contributed by atoms with E-state index in [9.17, 15) is 9.59 Å². The van der Waals surface area contributed by atoms with Gasteiger partial charge in [-0.3, -0.25) is 4.79 Å². The minimum atomic E-state index is -0.283. The number of anilines is 1. The number of hydrogen-bond acceptors (Lipinski definition) is 5. The summed E-state index contributed by atoms with van der Waals surface area (Å²) in [6, 6.07) is 16.7. The number of imidazole rings is 1. The molecule has 0 fully saturated rings. The summed E-state index contributed by atoms with van der Waals surface area (Å²) < 4.78 is 7.30. The molecule has 0 saturated carbocycles. The standard InChI is InChI=1S/C22H26N4O3S/c1-3-16(2)29-20(27)15-26-19-12-8-7-11-18(19)25-22(26)30-14-13-23-21(28)24-17-9-5-4-6-10-17/h4-12,16H,3,13-15H2,1-2H3,(H2,23,24,28). The molecule has 3 aromatic rings. The first-order chi connectivity index (χ1) is 14.6. The van der Waals surface area contributed by atoms with E-state index < -0.39 is 0 Å². The predicted octanol–water partition coefficient (Wildman–Crippen LogP) is 4.29. The van der Waals surface area contributed by atoms with E-state index in [1.54, 1.807) is 0 Å². The maximum absolute atomic E-state index is 12.3. The zero-order chi connectivity index (χ0) is 21.3. The molecule has 1 heterocycles. The summed E-state index contributed by atoms with van der Waals surface area (Å²) in [6.07, 6.45) is 0.657. The van der Waals surface area contributed by atoms with Gasteiger partial charge in [-0.15, -0.1) is 0 Å². The van der Waals surface area contributed by atoms with Crippen molar-refractivity contribution in [1.29, 1.82) is 0 Å². The number of nitrogens with zero attached hydrogens (tertiary/aromatic N) is 2. The molecule has 0 radical (unpaired) electrons. The molecule has 1 atom stereocenters. The van der Waals surface area contributed by atoms with Gasteiger partial charge in [0.15, 0.2) is 5.16 Å². The smallest absolute Gasteiger partial charge is 0.326 e. The maximum atomic E-state index is 12.3. The third-order valence-electron chi connectivity index (χ3n) is 4.46. The van der Waals surface area contributed by atoms with E-state index in [0.717, 1.165) is 28.3 Å². The van der Waals surface area contributed by atoms with Gasteiger partial charge < -0.3 is 19.9 Å². The SMILES string of the molecule is CCC(C)OC(=O)Cn1c(SCCNC(=O)Nc2ccccc2)nc2ccccc21. The molecule has 0 aliphatic heterocycles. The molecule has 0 aliphatic rings. The van der Waals surface area contributed by atoms with Gasteiger partial charge in [-0.2, -0.15) is 0 Å². The lowest BCUT2D eigenvalue weighted by atomic mass is 10.3. The second-order valence-corrected chi connectivity index (χ2v) is 7.84. The molecule has 2 aromatic carbocycles. The fourth-order valence-corrected chi connectivity index (χ4v) is 3.66. The van der Waals surface area contributed by atoms with Crippen LogP contribution in [0.1, 0.15) is 20.3 Å². The van der Waals surface area contributed by atoms with E-state index in [1.807, 2.05) is 73.0 Å². The number of aromatic nitrogens is 2. The average Bonchev–Trinajstić information content (AvgIpc) is 3.09. The number of esters is 1. The number of benzene rings is 2. The molecule has 8 heteroatoms. The maximum Gasteiger partial charge on any atom is 0.326 e. The first kappa shape index (κ1) is 21.7. The summed E-state index contributed by atoms with van der Waals surface area (Å²) in [4.78, 5) is 29.0. The van der Waals surface area contributed by atoms with Crippen LogP contribution in [0.2, 0.25) is 0 Å². The third kappa shape index (κ3) is 6.00. The molecule has 7 nitrogen and oxygen atoms in total. The van der Waals surface area contributed by atoms with Gasteiger partial charge in [-0.1, -0.05) is 49.0 Å². The Kier molecular flexibility index (Phi) is 7.73. The zero-order valence-corrected chi connectivity index (χ0v) is 17.9. The highest BCUT2D eigenvalue weighted by Crippen LogP contribution is 2.24. The number of carbonyl (C=O) groups is 2. The Hall–Kier alpha value is -3.00. The van der Waals surface area contributed by atoms with Crippen molar-refractivity contribution < 1.29 is 14.3 Å². The molecule has 1 unspecified atom stereocenters. The minimum Gasteiger partial charge on any atom is -0.461 e. The van der Waals surface area contributed by atoms with Crippen LogP contribution in [0.4, 0.5) is 10.5 Å². The number of urea groups is 1. The van der Waals surface area contributed by atoms with Gasteiger partial charge in [0.05, 0.1) is 17.1 Å². The third-order valence-corrected chi connectivity index (χ3v) is 5.44. The highest BCUT2D eigenvalue weighted by molar-refractivity contribution is 7.99. The number of ether oxygens (including phenoxy) is 1. The first-order valence-electron chi connectivity index (χ1n) is 9.94. The van der Waals surface area contributed by atoms with Crippen molar-refractivity contribution >= 4 is 40.5 Å². The van der Waals surface area contributed by atoms with Crippen LogP contribution >= 0.6 is 11.8 Å². The van der Waals surface area contributed by atoms with Crippen molar-refractivity contribution in [3.05, 3.63) is 54.6 Å². The van der Waals surface area contributed by atoms with E-state index in [4.69, 9.17) is 4.74 Å². The summed E-state index contributed by atoms with van der Waals surface area (Å²) in [7, 11) is 0. The second kappa shape index (κ2) is 10.7. The molecule has 0 bridgehead atoms. The van der Waals surface area contributed by atoms with Crippen LogP contribution in [0.25, 0.3) is 11.0 Å². The van der Waals surface area contributed by atoms with Crippen LogP contribution in [0.3, 0.4) is 0 Å². The summed E-state index contributed by atoms with van der Waals surface area (Å²) in [5.74, 6) is 0.334. The normalized spacial score (nSPS) is 11.8. The van der Waals surface area contributed by atoms with Gasteiger partial charge in [0.2, 0.25) is 0 Å². The summed E-state index contributed by atoms with van der Waals surface area (Å²) in [5.41, 5.74) is 2.45. The summed E-state index contributed by atoms with van der Waals surface area (Å²) in [6.45, 7) is 4.43. The van der Waals surface area contributed by atoms with Gasteiger partial charge in [-0.05, 0) is 37.6 Å². The molecule has 30 heavy (non-hydrogen) atoms. The van der Waals surface area contributed by atoms with Crippen molar-refractivity contribution in [2.24, 2.45) is 0 Å². The molecule has 0 aliphatic carbocycles. The molecule has 1 aromatic heterocycles. The van der Waals surface area contributed by atoms with Crippen molar-refractivity contribution in [2.45, 2.75) is 38.1 Å².